The van der Waals surface area contributed by atoms with Crippen molar-refractivity contribution in [2.45, 2.75) is 13.8 Å². The van der Waals surface area contributed by atoms with Crippen molar-refractivity contribution in [3.05, 3.63) is 92.5 Å². The van der Waals surface area contributed by atoms with Crippen LogP contribution >= 0.6 is 34.5 Å². The van der Waals surface area contributed by atoms with Crippen LogP contribution in [0.3, 0.4) is 0 Å². The van der Waals surface area contributed by atoms with Crippen molar-refractivity contribution in [3.8, 4) is 28.5 Å². The van der Waals surface area contributed by atoms with Gasteiger partial charge in [-0.2, -0.15) is 5.26 Å². The molecule has 186 valence electrons. The highest BCUT2D eigenvalue weighted by Crippen LogP contribution is 2.37. The molecule has 0 bridgehead atoms. The fraction of sp³-hybridized carbons (Fsp3) is 0.107. The van der Waals surface area contributed by atoms with Crippen LogP contribution in [0.25, 0.3) is 28.5 Å². The molecule has 37 heavy (non-hydrogen) atoms. The van der Waals surface area contributed by atoms with Crippen LogP contribution < -0.4 is 5.32 Å². The molecule has 0 radical (unpaired) electrons. The van der Waals surface area contributed by atoms with Gasteiger partial charge in [0.05, 0.1) is 11.6 Å². The summed E-state index contributed by atoms with van der Waals surface area (Å²) < 4.78 is 11.0. The average Bonchev–Trinajstić information content (AvgIpc) is 3.50. The molecule has 2 aromatic heterocycles. The van der Waals surface area contributed by atoms with Crippen molar-refractivity contribution in [1.29, 1.82) is 5.26 Å². The van der Waals surface area contributed by atoms with Gasteiger partial charge in [0.1, 0.15) is 33.7 Å². The van der Waals surface area contributed by atoms with Gasteiger partial charge in [0.25, 0.3) is 5.91 Å². The first kappa shape index (κ1) is 26.2. The molecule has 0 fully saturated rings. The average molecular weight is 551 g/mol. The lowest BCUT2D eigenvalue weighted by atomic mass is 10.0. The fourth-order valence-electron chi connectivity index (χ4n) is 3.53. The molecular weight excluding hydrogens is 531 g/mol. The number of thiophene rings is 1. The number of rotatable bonds is 7. The summed E-state index contributed by atoms with van der Waals surface area (Å²) in [5.74, 6) is -0.512. The highest BCUT2D eigenvalue weighted by atomic mass is 35.5. The lowest BCUT2D eigenvalue weighted by molar-refractivity contribution is -0.112. The molecule has 0 saturated carbocycles. The van der Waals surface area contributed by atoms with E-state index in [2.05, 4.69) is 5.32 Å². The van der Waals surface area contributed by atoms with Gasteiger partial charge in [-0.05, 0) is 49.7 Å². The van der Waals surface area contributed by atoms with Crippen LogP contribution in [0.15, 0.2) is 70.0 Å². The van der Waals surface area contributed by atoms with E-state index in [-0.39, 0.29) is 28.5 Å². The Morgan fingerprint density at radius 3 is 2.54 bits per heavy atom. The predicted molar refractivity (Wildman–Crippen MR) is 147 cm³/mol. The Kier molecular flexibility index (Phi) is 8.14. The normalized spacial score (nSPS) is 11.2. The quantitative estimate of drug-likeness (QED) is 0.143. The molecule has 2 heterocycles. The Balaban J connectivity index is 1.62. The second kappa shape index (κ2) is 11.5. The smallest absolute Gasteiger partial charge is 0.341 e. The summed E-state index contributed by atoms with van der Waals surface area (Å²) in [5.41, 5.74) is 3.17. The summed E-state index contributed by atoms with van der Waals surface area (Å²) in [6, 6.07) is 17.9. The van der Waals surface area contributed by atoms with Crippen LogP contribution in [0.5, 0.6) is 0 Å². The number of anilines is 1. The predicted octanol–water partition coefficient (Wildman–Crippen LogP) is 8.01. The molecule has 0 spiro atoms. The van der Waals surface area contributed by atoms with E-state index in [1.165, 1.54) is 17.4 Å². The molecule has 4 rings (SSSR count). The fourth-order valence-corrected chi connectivity index (χ4v) is 4.98. The summed E-state index contributed by atoms with van der Waals surface area (Å²) in [6.45, 7) is 3.85. The number of carbonyl (C=O) groups excluding carboxylic acids is 2. The van der Waals surface area contributed by atoms with Crippen molar-refractivity contribution in [2.24, 2.45) is 0 Å². The molecular formula is C28H20Cl2N2O4S. The first-order chi connectivity index (χ1) is 17.8. The number of amides is 1. The van der Waals surface area contributed by atoms with Gasteiger partial charge in [-0.15, -0.1) is 11.3 Å². The van der Waals surface area contributed by atoms with E-state index in [1.54, 1.807) is 42.6 Å². The number of ether oxygens (including phenoxy) is 1. The number of benzene rings is 2. The first-order valence-electron chi connectivity index (χ1n) is 11.1. The number of aryl methyl sites for hydroxylation is 1. The van der Waals surface area contributed by atoms with Crippen LogP contribution in [0.2, 0.25) is 10.0 Å². The molecule has 2 aromatic carbocycles. The Bertz CT molecular complexity index is 1550. The molecule has 1 N–H and O–H groups in total. The highest BCUT2D eigenvalue weighted by Gasteiger charge is 2.24. The van der Waals surface area contributed by atoms with Crippen LogP contribution in [0.4, 0.5) is 5.00 Å². The van der Waals surface area contributed by atoms with Crippen LogP contribution in [-0.2, 0) is 9.53 Å². The van der Waals surface area contributed by atoms with E-state index in [0.717, 1.165) is 11.1 Å². The van der Waals surface area contributed by atoms with E-state index >= 15 is 0 Å². The lowest BCUT2D eigenvalue weighted by Gasteiger charge is -2.09. The van der Waals surface area contributed by atoms with Gasteiger partial charge >= 0.3 is 5.97 Å². The maximum atomic E-state index is 13.0. The summed E-state index contributed by atoms with van der Waals surface area (Å²) in [7, 11) is 0. The summed E-state index contributed by atoms with van der Waals surface area (Å²) in [5, 5.41) is 15.3. The topological polar surface area (TPSA) is 92.3 Å². The summed E-state index contributed by atoms with van der Waals surface area (Å²) >= 11 is 13.4. The second-order valence-corrected chi connectivity index (χ2v) is 9.61. The monoisotopic (exact) mass is 550 g/mol. The largest absolute Gasteiger partial charge is 0.462 e. The number of carbonyl (C=O) groups is 2. The highest BCUT2D eigenvalue weighted by molar-refractivity contribution is 7.15. The van der Waals surface area contributed by atoms with E-state index in [0.29, 0.717) is 26.9 Å². The second-order valence-electron chi connectivity index (χ2n) is 7.89. The van der Waals surface area contributed by atoms with Crippen LogP contribution in [-0.4, -0.2) is 18.5 Å². The maximum Gasteiger partial charge on any atom is 0.341 e. The number of hydrogen-bond acceptors (Lipinski definition) is 6. The Morgan fingerprint density at radius 2 is 1.86 bits per heavy atom. The van der Waals surface area contributed by atoms with Gasteiger partial charge in [-0.1, -0.05) is 53.0 Å². The van der Waals surface area contributed by atoms with Gasteiger partial charge in [-0.25, -0.2) is 4.79 Å². The van der Waals surface area contributed by atoms with Gasteiger partial charge in [0.15, 0.2) is 0 Å². The zero-order valence-corrected chi connectivity index (χ0v) is 22.1. The maximum absolute atomic E-state index is 13.0. The third-order valence-electron chi connectivity index (χ3n) is 5.34. The molecule has 0 atom stereocenters. The molecule has 9 heteroatoms. The Hall–Kier alpha value is -3.83. The number of hydrogen-bond donors (Lipinski definition) is 1. The molecule has 4 aromatic rings. The zero-order chi connectivity index (χ0) is 26.5. The molecule has 0 aliphatic carbocycles. The van der Waals surface area contributed by atoms with E-state index < -0.39 is 11.9 Å². The summed E-state index contributed by atoms with van der Waals surface area (Å²) in [6.07, 6.45) is 1.32. The molecule has 0 unspecified atom stereocenters. The SMILES string of the molecule is CCOC(=O)c1c(-c2ccc(C)cc2)csc1NC(=O)C(C#N)=Cc1ccc(-c2ccc(Cl)cc2Cl)o1. The van der Waals surface area contributed by atoms with Crippen molar-refractivity contribution in [2.75, 3.05) is 11.9 Å². The zero-order valence-electron chi connectivity index (χ0n) is 19.8. The summed E-state index contributed by atoms with van der Waals surface area (Å²) in [4.78, 5) is 25.8. The molecule has 0 saturated heterocycles. The van der Waals surface area contributed by atoms with Crippen molar-refractivity contribution < 1.29 is 18.7 Å². The first-order valence-corrected chi connectivity index (χ1v) is 12.8. The van der Waals surface area contributed by atoms with Gasteiger partial charge in [0.2, 0.25) is 0 Å². The van der Waals surface area contributed by atoms with Crippen LogP contribution in [0, 0.1) is 18.3 Å². The Morgan fingerprint density at radius 1 is 1.11 bits per heavy atom. The van der Waals surface area contributed by atoms with Crippen molar-refractivity contribution in [1.82, 2.24) is 0 Å². The van der Waals surface area contributed by atoms with Gasteiger partial charge in [-0.3, -0.25) is 4.79 Å². The minimum atomic E-state index is -0.687. The van der Waals surface area contributed by atoms with E-state index in [1.807, 2.05) is 37.3 Å². The number of nitrogens with one attached hydrogen (secondary N) is 1. The minimum absolute atomic E-state index is 0.178. The van der Waals surface area contributed by atoms with Crippen molar-refractivity contribution >= 4 is 57.5 Å². The van der Waals surface area contributed by atoms with E-state index in [9.17, 15) is 14.9 Å². The van der Waals surface area contributed by atoms with Crippen molar-refractivity contribution in [3.63, 3.8) is 0 Å². The number of nitriles is 1. The number of nitrogens with zero attached hydrogens (tertiary/aromatic N) is 1. The molecule has 1 amide bonds. The van der Waals surface area contributed by atoms with Gasteiger partial charge < -0.3 is 14.5 Å². The standard InChI is InChI=1S/C28H20Cl2N2O4S/c1-3-35-28(34)25-22(17-6-4-16(2)5-7-17)15-37-27(25)32-26(33)18(14-31)12-20-9-11-24(36-20)21-10-8-19(29)13-23(21)30/h4-13,15H,3H2,1-2H3,(H,32,33). The number of halogens is 2. The minimum Gasteiger partial charge on any atom is -0.462 e. The number of furan rings is 1. The molecule has 0 aliphatic heterocycles. The third kappa shape index (κ3) is 5.95. The Labute approximate surface area is 227 Å². The van der Waals surface area contributed by atoms with Crippen LogP contribution in [0.1, 0.15) is 28.6 Å². The lowest BCUT2D eigenvalue weighted by Crippen LogP contribution is -2.16. The van der Waals surface area contributed by atoms with Gasteiger partial charge in [0, 0.05) is 27.6 Å². The number of esters is 1. The molecule has 0 aliphatic rings. The third-order valence-corrected chi connectivity index (χ3v) is 6.78. The molecule has 6 nitrogen and oxygen atoms in total. The van der Waals surface area contributed by atoms with E-state index in [4.69, 9.17) is 32.4 Å².